The summed E-state index contributed by atoms with van der Waals surface area (Å²) in [5.74, 6) is 0.463. The molecule has 0 radical (unpaired) electrons. The van der Waals surface area contributed by atoms with Gasteiger partial charge < -0.3 is 14.2 Å². The van der Waals surface area contributed by atoms with Crippen LogP contribution >= 0.6 is 0 Å². The number of ether oxygens (including phenoxy) is 1. The van der Waals surface area contributed by atoms with Crippen molar-refractivity contribution >= 4 is 11.8 Å². The van der Waals surface area contributed by atoms with Crippen LogP contribution in [0.1, 0.15) is 69.2 Å². The Kier molecular flexibility index (Phi) is 4.58. The first-order valence-corrected chi connectivity index (χ1v) is 8.96. The number of carbonyl (C=O) groups is 2. The number of nitrogens with zero attached hydrogens (tertiary/aromatic N) is 2. The molecule has 3 aromatic rings. The Morgan fingerprint density at radius 3 is 2.81 bits per heavy atom. The second-order valence-electron chi connectivity index (χ2n) is 6.46. The van der Waals surface area contributed by atoms with Crippen LogP contribution in [0.3, 0.4) is 0 Å². The topological polar surface area (TPSA) is 98.1 Å². The molecule has 1 N–H and O–H groups in total. The van der Waals surface area contributed by atoms with Crippen molar-refractivity contribution < 1.29 is 18.8 Å². The van der Waals surface area contributed by atoms with E-state index in [0.717, 1.165) is 24.2 Å². The predicted molar refractivity (Wildman–Crippen MR) is 95.7 cm³/mol. The van der Waals surface area contributed by atoms with Gasteiger partial charge in [0.2, 0.25) is 5.69 Å². The molecule has 138 valence electrons. The standard InChI is InChI=1S/C20H19N3O4/c1-2-26-20(25)17-16(19(27-23-17)12-7-8-12)18(24)14-6-4-3-5-13(14)11-15-21-9-10-22-15/h3-6,9-10,12H,2,7-8,11H2,1H3,(H,21,22). The van der Waals surface area contributed by atoms with Crippen LogP contribution in [-0.4, -0.2) is 33.5 Å². The number of ketones is 1. The minimum absolute atomic E-state index is 0.0449. The second kappa shape index (κ2) is 7.19. The van der Waals surface area contributed by atoms with E-state index in [4.69, 9.17) is 9.26 Å². The average molecular weight is 365 g/mol. The van der Waals surface area contributed by atoms with Gasteiger partial charge in [-0.25, -0.2) is 9.78 Å². The van der Waals surface area contributed by atoms with E-state index in [-0.39, 0.29) is 29.6 Å². The molecule has 2 aromatic heterocycles. The molecule has 0 bridgehead atoms. The zero-order valence-corrected chi connectivity index (χ0v) is 14.9. The molecule has 1 saturated carbocycles. The lowest BCUT2D eigenvalue weighted by atomic mass is 9.94. The molecule has 4 rings (SSSR count). The fourth-order valence-electron chi connectivity index (χ4n) is 3.09. The molecule has 7 nitrogen and oxygen atoms in total. The largest absolute Gasteiger partial charge is 0.461 e. The van der Waals surface area contributed by atoms with Gasteiger partial charge in [0.25, 0.3) is 0 Å². The smallest absolute Gasteiger partial charge is 0.361 e. The van der Waals surface area contributed by atoms with Gasteiger partial charge in [-0.05, 0) is 25.3 Å². The van der Waals surface area contributed by atoms with E-state index in [1.165, 1.54) is 0 Å². The highest BCUT2D eigenvalue weighted by molar-refractivity contribution is 6.15. The molecule has 0 saturated heterocycles. The van der Waals surface area contributed by atoms with Gasteiger partial charge >= 0.3 is 5.97 Å². The van der Waals surface area contributed by atoms with Crippen LogP contribution in [0.5, 0.6) is 0 Å². The van der Waals surface area contributed by atoms with Crippen molar-refractivity contribution in [3.05, 3.63) is 70.6 Å². The molecule has 1 aliphatic carbocycles. The van der Waals surface area contributed by atoms with Gasteiger partial charge in [0, 0.05) is 30.3 Å². The molecule has 1 aromatic carbocycles. The van der Waals surface area contributed by atoms with Crippen LogP contribution in [0.25, 0.3) is 0 Å². The average Bonchev–Trinajstić information content (AvgIpc) is 3.21. The maximum absolute atomic E-state index is 13.4. The third-order valence-electron chi connectivity index (χ3n) is 4.54. The Morgan fingerprint density at radius 1 is 1.30 bits per heavy atom. The first-order valence-electron chi connectivity index (χ1n) is 8.96. The minimum Gasteiger partial charge on any atom is -0.461 e. The Labute approximate surface area is 155 Å². The maximum atomic E-state index is 13.4. The van der Waals surface area contributed by atoms with Crippen molar-refractivity contribution in [2.45, 2.75) is 32.1 Å². The Balaban J connectivity index is 1.75. The Hall–Kier alpha value is -3.22. The van der Waals surface area contributed by atoms with Crippen LogP contribution in [-0.2, 0) is 11.2 Å². The molecule has 0 aliphatic heterocycles. The normalized spacial score (nSPS) is 13.5. The number of hydrogen-bond donors (Lipinski definition) is 1. The summed E-state index contributed by atoms with van der Waals surface area (Å²) in [6.07, 6.45) is 5.74. The van der Waals surface area contributed by atoms with Crippen LogP contribution in [0.15, 0.2) is 41.2 Å². The molecule has 1 fully saturated rings. The zero-order valence-electron chi connectivity index (χ0n) is 14.9. The summed E-state index contributed by atoms with van der Waals surface area (Å²) in [6.45, 7) is 1.91. The lowest BCUT2D eigenvalue weighted by Gasteiger charge is -2.08. The maximum Gasteiger partial charge on any atom is 0.361 e. The third-order valence-corrected chi connectivity index (χ3v) is 4.54. The van der Waals surface area contributed by atoms with E-state index >= 15 is 0 Å². The Morgan fingerprint density at radius 2 is 2.11 bits per heavy atom. The second-order valence-corrected chi connectivity index (χ2v) is 6.46. The molecule has 0 atom stereocenters. The van der Waals surface area contributed by atoms with Crippen LogP contribution in [0, 0.1) is 0 Å². The van der Waals surface area contributed by atoms with Crippen molar-refractivity contribution in [1.82, 2.24) is 15.1 Å². The van der Waals surface area contributed by atoms with E-state index in [1.807, 2.05) is 12.1 Å². The SMILES string of the molecule is CCOC(=O)c1noc(C2CC2)c1C(=O)c1ccccc1Cc1ncc[nH]1. The third kappa shape index (κ3) is 3.40. The lowest BCUT2D eigenvalue weighted by molar-refractivity contribution is 0.0512. The minimum atomic E-state index is -0.639. The van der Waals surface area contributed by atoms with E-state index in [9.17, 15) is 9.59 Å². The van der Waals surface area contributed by atoms with Gasteiger partial charge in [0.1, 0.15) is 11.4 Å². The van der Waals surface area contributed by atoms with Crippen molar-refractivity contribution in [1.29, 1.82) is 0 Å². The highest BCUT2D eigenvalue weighted by Crippen LogP contribution is 2.43. The molecule has 7 heteroatoms. The molecule has 2 heterocycles. The summed E-state index contributed by atoms with van der Waals surface area (Å²) in [4.78, 5) is 33.0. The number of rotatable bonds is 7. The van der Waals surface area contributed by atoms with Gasteiger partial charge in [-0.15, -0.1) is 0 Å². The molecule has 1 aliphatic rings. The molecular weight excluding hydrogens is 346 g/mol. The number of aromatic nitrogens is 3. The number of nitrogens with one attached hydrogen (secondary N) is 1. The monoisotopic (exact) mass is 365 g/mol. The van der Waals surface area contributed by atoms with Crippen molar-refractivity contribution in [2.75, 3.05) is 6.61 Å². The number of imidazole rings is 1. The van der Waals surface area contributed by atoms with Gasteiger partial charge in [-0.3, -0.25) is 4.79 Å². The number of aromatic amines is 1. The first kappa shape index (κ1) is 17.2. The fraction of sp³-hybridized carbons (Fsp3) is 0.300. The highest BCUT2D eigenvalue weighted by atomic mass is 16.5. The van der Waals surface area contributed by atoms with Crippen LogP contribution in [0.2, 0.25) is 0 Å². The summed E-state index contributed by atoms with van der Waals surface area (Å²) in [5.41, 5.74) is 1.50. The van der Waals surface area contributed by atoms with Crippen LogP contribution < -0.4 is 0 Å². The van der Waals surface area contributed by atoms with E-state index < -0.39 is 5.97 Å². The zero-order chi connectivity index (χ0) is 18.8. The van der Waals surface area contributed by atoms with E-state index in [0.29, 0.717) is 17.7 Å². The van der Waals surface area contributed by atoms with Gasteiger partial charge in [-0.1, -0.05) is 29.4 Å². The lowest BCUT2D eigenvalue weighted by Crippen LogP contribution is -2.14. The number of hydrogen-bond acceptors (Lipinski definition) is 6. The van der Waals surface area contributed by atoms with Gasteiger partial charge in [0.15, 0.2) is 11.5 Å². The first-order chi connectivity index (χ1) is 13.2. The molecule has 0 amide bonds. The molecule has 0 unspecified atom stereocenters. The highest BCUT2D eigenvalue weighted by Gasteiger charge is 2.37. The fourth-order valence-corrected chi connectivity index (χ4v) is 3.09. The summed E-state index contributed by atoms with van der Waals surface area (Å²) >= 11 is 0. The van der Waals surface area contributed by atoms with E-state index in [1.54, 1.807) is 31.5 Å². The number of benzene rings is 1. The van der Waals surface area contributed by atoms with E-state index in [2.05, 4.69) is 15.1 Å². The number of carbonyl (C=O) groups excluding carboxylic acids is 2. The quantitative estimate of drug-likeness (QED) is 0.510. The summed E-state index contributed by atoms with van der Waals surface area (Å²) in [6, 6.07) is 7.30. The molecule has 0 spiro atoms. The molecule has 27 heavy (non-hydrogen) atoms. The van der Waals surface area contributed by atoms with Gasteiger partial charge in [-0.2, -0.15) is 0 Å². The van der Waals surface area contributed by atoms with Crippen molar-refractivity contribution in [3.63, 3.8) is 0 Å². The van der Waals surface area contributed by atoms with Crippen LogP contribution in [0.4, 0.5) is 0 Å². The Bertz CT molecular complexity index is 971. The summed E-state index contributed by atoms with van der Waals surface area (Å²) in [5, 5.41) is 3.86. The van der Waals surface area contributed by atoms with Gasteiger partial charge in [0.05, 0.1) is 6.61 Å². The van der Waals surface area contributed by atoms with Crippen molar-refractivity contribution in [3.8, 4) is 0 Å². The molecular formula is C20H19N3O4. The summed E-state index contributed by atoms with van der Waals surface area (Å²) in [7, 11) is 0. The number of esters is 1. The summed E-state index contributed by atoms with van der Waals surface area (Å²) < 4.78 is 10.4. The van der Waals surface area contributed by atoms with Crippen molar-refractivity contribution in [2.24, 2.45) is 0 Å². The predicted octanol–water partition coefficient (Wildman–Crippen LogP) is 3.27. The number of H-pyrrole nitrogens is 1.